The summed E-state index contributed by atoms with van der Waals surface area (Å²) < 4.78 is 0. The molecule has 0 saturated carbocycles. The summed E-state index contributed by atoms with van der Waals surface area (Å²) in [6, 6.07) is 16.2. The zero-order chi connectivity index (χ0) is 20.6. The molecule has 0 aliphatic carbocycles. The molecule has 0 fully saturated rings. The summed E-state index contributed by atoms with van der Waals surface area (Å²) in [5.74, 6) is 0.406. The smallest absolute Gasteiger partial charge is 0.258 e. The second-order valence-electron chi connectivity index (χ2n) is 7.13. The highest BCUT2D eigenvalue weighted by Crippen LogP contribution is 2.20. The van der Waals surface area contributed by atoms with E-state index in [0.29, 0.717) is 23.6 Å². The van der Waals surface area contributed by atoms with Crippen molar-refractivity contribution in [2.45, 2.75) is 20.3 Å². The Morgan fingerprint density at radius 2 is 1.55 bits per heavy atom. The molecule has 3 rings (SSSR count). The summed E-state index contributed by atoms with van der Waals surface area (Å²) in [7, 11) is 0. The summed E-state index contributed by atoms with van der Waals surface area (Å²) in [6.45, 7) is 4.90. The fourth-order valence-corrected chi connectivity index (χ4v) is 2.72. The normalized spacial score (nSPS) is 10.6. The number of hydrogen-bond donors (Lipinski definition) is 2. The molecule has 2 amide bonds. The summed E-state index contributed by atoms with van der Waals surface area (Å²) in [5.41, 5.74) is 2.73. The van der Waals surface area contributed by atoms with Gasteiger partial charge in [0.05, 0.1) is 0 Å². The second-order valence-corrected chi connectivity index (χ2v) is 7.13. The Balaban J connectivity index is 1.67. The number of carbonyl (C=O) groups excluding carboxylic acids is 2. The van der Waals surface area contributed by atoms with E-state index in [9.17, 15) is 9.59 Å². The Morgan fingerprint density at radius 3 is 2.24 bits per heavy atom. The lowest BCUT2D eigenvalue weighted by Gasteiger charge is -2.09. The Kier molecular flexibility index (Phi) is 6.68. The number of rotatable bonds is 7. The van der Waals surface area contributed by atoms with Crippen LogP contribution in [0, 0.1) is 5.92 Å². The minimum Gasteiger partial charge on any atom is -0.352 e. The number of anilines is 1. The molecule has 29 heavy (non-hydrogen) atoms. The summed E-state index contributed by atoms with van der Waals surface area (Å²) in [6.07, 6.45) is 4.20. The molecule has 6 heteroatoms. The van der Waals surface area contributed by atoms with Crippen LogP contribution in [0.1, 0.15) is 41.0 Å². The molecule has 1 aromatic heterocycles. The van der Waals surface area contributed by atoms with Crippen molar-refractivity contribution < 1.29 is 9.59 Å². The van der Waals surface area contributed by atoms with E-state index in [2.05, 4.69) is 34.4 Å². The molecule has 0 radical (unpaired) electrons. The third-order valence-corrected chi connectivity index (χ3v) is 4.38. The van der Waals surface area contributed by atoms with Gasteiger partial charge in [0, 0.05) is 35.6 Å². The number of nitrogens with one attached hydrogen (secondary N) is 2. The first-order valence-corrected chi connectivity index (χ1v) is 9.60. The lowest BCUT2D eigenvalue weighted by Crippen LogP contribution is -2.25. The van der Waals surface area contributed by atoms with Crippen molar-refractivity contribution in [3.05, 3.63) is 78.1 Å². The molecule has 0 bridgehead atoms. The molecule has 2 N–H and O–H groups in total. The lowest BCUT2D eigenvalue weighted by molar-refractivity contribution is 0.0951. The topological polar surface area (TPSA) is 84.0 Å². The first-order chi connectivity index (χ1) is 14.0. The SMILES string of the molecule is CC(C)CCNC(=O)c1cccc(-c2cnc(NC(=O)c3ccccc3)nc2)c1. The minimum absolute atomic E-state index is 0.0971. The van der Waals surface area contributed by atoms with Crippen molar-refractivity contribution in [1.82, 2.24) is 15.3 Å². The number of benzene rings is 2. The van der Waals surface area contributed by atoms with Gasteiger partial charge in [0.15, 0.2) is 0 Å². The number of amides is 2. The van der Waals surface area contributed by atoms with Gasteiger partial charge in [-0.05, 0) is 42.2 Å². The molecule has 148 valence electrons. The van der Waals surface area contributed by atoms with Crippen LogP contribution in [0.2, 0.25) is 0 Å². The van der Waals surface area contributed by atoms with Crippen LogP contribution < -0.4 is 10.6 Å². The number of aromatic nitrogens is 2. The van der Waals surface area contributed by atoms with Crippen molar-refractivity contribution in [2.75, 3.05) is 11.9 Å². The molecule has 0 spiro atoms. The Hall–Kier alpha value is -3.54. The number of hydrogen-bond acceptors (Lipinski definition) is 4. The van der Waals surface area contributed by atoms with Crippen LogP contribution in [-0.4, -0.2) is 28.3 Å². The zero-order valence-electron chi connectivity index (χ0n) is 16.6. The average molecular weight is 388 g/mol. The van der Waals surface area contributed by atoms with Gasteiger partial charge < -0.3 is 5.32 Å². The first-order valence-electron chi connectivity index (χ1n) is 9.60. The van der Waals surface area contributed by atoms with Crippen molar-refractivity contribution in [3.8, 4) is 11.1 Å². The fourth-order valence-electron chi connectivity index (χ4n) is 2.72. The maximum Gasteiger partial charge on any atom is 0.258 e. The van der Waals surface area contributed by atoms with Crippen LogP contribution in [-0.2, 0) is 0 Å². The van der Waals surface area contributed by atoms with Gasteiger partial charge in [-0.1, -0.05) is 44.2 Å². The van der Waals surface area contributed by atoms with E-state index in [1.54, 1.807) is 42.7 Å². The molecule has 0 saturated heterocycles. The molecule has 6 nitrogen and oxygen atoms in total. The van der Waals surface area contributed by atoms with E-state index >= 15 is 0 Å². The predicted molar refractivity (Wildman–Crippen MR) is 114 cm³/mol. The van der Waals surface area contributed by atoms with Crippen LogP contribution >= 0.6 is 0 Å². The maximum atomic E-state index is 12.3. The van der Waals surface area contributed by atoms with Crippen molar-refractivity contribution in [1.29, 1.82) is 0 Å². The predicted octanol–water partition coefficient (Wildman–Crippen LogP) is 4.17. The molecule has 2 aromatic carbocycles. The molecule has 3 aromatic rings. The number of carbonyl (C=O) groups is 2. The van der Waals surface area contributed by atoms with Gasteiger partial charge in [0.25, 0.3) is 11.8 Å². The van der Waals surface area contributed by atoms with E-state index in [1.165, 1.54) is 0 Å². The third-order valence-electron chi connectivity index (χ3n) is 4.38. The molecule has 0 aliphatic heterocycles. The second kappa shape index (κ2) is 9.59. The van der Waals surface area contributed by atoms with Crippen LogP contribution in [0.3, 0.4) is 0 Å². The van der Waals surface area contributed by atoms with Gasteiger partial charge in [-0.3, -0.25) is 14.9 Å². The van der Waals surface area contributed by atoms with E-state index in [0.717, 1.165) is 17.5 Å². The monoisotopic (exact) mass is 388 g/mol. The van der Waals surface area contributed by atoms with E-state index in [4.69, 9.17) is 0 Å². The number of nitrogens with zero attached hydrogens (tertiary/aromatic N) is 2. The zero-order valence-corrected chi connectivity index (χ0v) is 16.6. The van der Waals surface area contributed by atoms with Gasteiger partial charge >= 0.3 is 0 Å². The summed E-state index contributed by atoms with van der Waals surface area (Å²) >= 11 is 0. The highest BCUT2D eigenvalue weighted by Gasteiger charge is 2.10. The fraction of sp³-hybridized carbons (Fsp3) is 0.217. The van der Waals surface area contributed by atoms with Crippen molar-refractivity contribution in [3.63, 3.8) is 0 Å². The van der Waals surface area contributed by atoms with Gasteiger partial charge in [-0.15, -0.1) is 0 Å². The Bertz CT molecular complexity index is 970. The first kappa shape index (κ1) is 20.2. The van der Waals surface area contributed by atoms with Gasteiger partial charge in [0.2, 0.25) is 5.95 Å². The molecule has 1 heterocycles. The quantitative estimate of drug-likeness (QED) is 0.636. The van der Waals surface area contributed by atoms with E-state index < -0.39 is 0 Å². The average Bonchev–Trinajstić information content (AvgIpc) is 2.74. The lowest BCUT2D eigenvalue weighted by atomic mass is 10.1. The largest absolute Gasteiger partial charge is 0.352 e. The standard InChI is InChI=1S/C23H24N4O2/c1-16(2)11-12-24-21(28)19-10-6-9-18(13-19)20-14-25-23(26-15-20)27-22(29)17-7-4-3-5-8-17/h3-10,13-16H,11-12H2,1-2H3,(H,24,28)(H,25,26,27,29). The molecular weight excluding hydrogens is 364 g/mol. The Labute approximate surface area is 170 Å². The molecule has 0 atom stereocenters. The van der Waals surface area contributed by atoms with E-state index in [1.807, 2.05) is 24.3 Å². The van der Waals surface area contributed by atoms with Crippen LogP contribution in [0.25, 0.3) is 11.1 Å². The highest BCUT2D eigenvalue weighted by molar-refractivity contribution is 6.03. The minimum atomic E-state index is -0.265. The van der Waals surface area contributed by atoms with Crippen LogP contribution in [0.5, 0.6) is 0 Å². The van der Waals surface area contributed by atoms with Crippen LogP contribution in [0.15, 0.2) is 67.0 Å². The van der Waals surface area contributed by atoms with Crippen molar-refractivity contribution >= 4 is 17.8 Å². The summed E-state index contributed by atoms with van der Waals surface area (Å²) in [4.78, 5) is 33.0. The van der Waals surface area contributed by atoms with E-state index in [-0.39, 0.29) is 17.8 Å². The third kappa shape index (κ3) is 5.72. The molecular formula is C23H24N4O2. The van der Waals surface area contributed by atoms with Gasteiger partial charge in [0.1, 0.15) is 0 Å². The van der Waals surface area contributed by atoms with Gasteiger partial charge in [-0.2, -0.15) is 0 Å². The van der Waals surface area contributed by atoms with Crippen molar-refractivity contribution in [2.24, 2.45) is 5.92 Å². The molecule has 0 unspecified atom stereocenters. The highest BCUT2D eigenvalue weighted by atomic mass is 16.2. The van der Waals surface area contributed by atoms with Crippen LogP contribution in [0.4, 0.5) is 5.95 Å². The Morgan fingerprint density at radius 1 is 0.862 bits per heavy atom. The summed E-state index contributed by atoms with van der Waals surface area (Å²) in [5, 5.41) is 5.61. The van der Waals surface area contributed by atoms with Gasteiger partial charge in [-0.25, -0.2) is 9.97 Å². The molecule has 0 aliphatic rings. The maximum absolute atomic E-state index is 12.3.